The van der Waals surface area contributed by atoms with Crippen LogP contribution in [0.5, 0.6) is 0 Å². The number of hydrogen-bond acceptors (Lipinski definition) is 2. The summed E-state index contributed by atoms with van der Waals surface area (Å²) in [6.45, 7) is 4.79. The zero-order valence-corrected chi connectivity index (χ0v) is 11.5. The van der Waals surface area contributed by atoms with Crippen molar-refractivity contribution >= 4 is 6.03 Å². The normalized spacial score (nSPS) is 17.7. The average molecular weight is 261 g/mol. The van der Waals surface area contributed by atoms with Crippen molar-refractivity contribution < 1.29 is 4.79 Å². The molecule has 1 atom stereocenters. The van der Waals surface area contributed by atoms with Gasteiger partial charge in [-0.25, -0.2) is 4.79 Å². The molecule has 1 saturated heterocycles. The zero-order valence-electron chi connectivity index (χ0n) is 11.5. The zero-order chi connectivity index (χ0) is 13.5. The van der Waals surface area contributed by atoms with Crippen LogP contribution in [0.1, 0.15) is 25.3 Å². The van der Waals surface area contributed by atoms with Gasteiger partial charge in [0.15, 0.2) is 0 Å². The summed E-state index contributed by atoms with van der Waals surface area (Å²) in [6.07, 6.45) is 2.28. The summed E-state index contributed by atoms with van der Waals surface area (Å²) in [5, 5.41) is 9.29. The molecule has 2 amide bonds. The summed E-state index contributed by atoms with van der Waals surface area (Å²) in [6, 6.07) is 10.1. The lowest BCUT2D eigenvalue weighted by atomic mass is 9.91. The van der Waals surface area contributed by atoms with Crippen LogP contribution < -0.4 is 16.0 Å². The highest BCUT2D eigenvalue weighted by Crippen LogP contribution is 2.15. The number of rotatable bonds is 4. The van der Waals surface area contributed by atoms with E-state index in [-0.39, 0.29) is 12.1 Å². The Kier molecular flexibility index (Phi) is 5.21. The predicted octanol–water partition coefficient (Wildman–Crippen LogP) is 1.87. The molecule has 1 heterocycles. The molecule has 0 bridgehead atoms. The molecule has 1 aliphatic rings. The van der Waals surface area contributed by atoms with Gasteiger partial charge >= 0.3 is 6.03 Å². The van der Waals surface area contributed by atoms with Gasteiger partial charge in [0.1, 0.15) is 0 Å². The second-order valence-corrected chi connectivity index (χ2v) is 5.19. The summed E-state index contributed by atoms with van der Waals surface area (Å²) in [7, 11) is 0. The lowest BCUT2D eigenvalue weighted by Crippen LogP contribution is -2.46. The van der Waals surface area contributed by atoms with E-state index in [1.165, 1.54) is 0 Å². The van der Waals surface area contributed by atoms with Gasteiger partial charge in [0.2, 0.25) is 0 Å². The van der Waals surface area contributed by atoms with Gasteiger partial charge < -0.3 is 16.0 Å². The third kappa shape index (κ3) is 4.56. The molecule has 0 saturated carbocycles. The third-order valence-corrected chi connectivity index (χ3v) is 3.75. The van der Waals surface area contributed by atoms with Gasteiger partial charge in [-0.3, -0.25) is 0 Å². The van der Waals surface area contributed by atoms with Crippen LogP contribution in [0.3, 0.4) is 0 Å². The van der Waals surface area contributed by atoms with Gasteiger partial charge in [0, 0.05) is 12.6 Å². The van der Waals surface area contributed by atoms with Gasteiger partial charge in [-0.2, -0.15) is 0 Å². The van der Waals surface area contributed by atoms with E-state index in [4.69, 9.17) is 0 Å². The maximum Gasteiger partial charge on any atom is 0.315 e. The number of piperidine rings is 1. The SMILES string of the molecule is CC(NC(=O)NCc1ccccc1)C1CCNCC1. The molecule has 0 spiro atoms. The topological polar surface area (TPSA) is 53.2 Å². The second kappa shape index (κ2) is 7.14. The predicted molar refractivity (Wildman–Crippen MR) is 76.9 cm³/mol. The van der Waals surface area contributed by atoms with Gasteiger partial charge in [-0.15, -0.1) is 0 Å². The number of nitrogens with one attached hydrogen (secondary N) is 3. The number of hydrogen-bond donors (Lipinski definition) is 3. The van der Waals surface area contributed by atoms with E-state index in [9.17, 15) is 4.79 Å². The lowest BCUT2D eigenvalue weighted by Gasteiger charge is -2.28. The highest BCUT2D eigenvalue weighted by molar-refractivity contribution is 5.74. The van der Waals surface area contributed by atoms with Crippen molar-refractivity contribution in [2.75, 3.05) is 13.1 Å². The fraction of sp³-hybridized carbons (Fsp3) is 0.533. The number of urea groups is 1. The summed E-state index contributed by atoms with van der Waals surface area (Å²) >= 11 is 0. The molecule has 2 rings (SSSR count). The first-order valence-electron chi connectivity index (χ1n) is 7.04. The molecule has 4 nitrogen and oxygen atoms in total. The van der Waals surface area contributed by atoms with E-state index in [1.54, 1.807) is 0 Å². The number of carbonyl (C=O) groups excluding carboxylic acids is 1. The summed E-state index contributed by atoms with van der Waals surface area (Å²) in [4.78, 5) is 11.8. The summed E-state index contributed by atoms with van der Waals surface area (Å²) < 4.78 is 0. The summed E-state index contributed by atoms with van der Waals surface area (Å²) in [5.41, 5.74) is 1.12. The van der Waals surface area contributed by atoms with Crippen LogP contribution in [0.4, 0.5) is 4.79 Å². The molecule has 4 heteroatoms. The first-order chi connectivity index (χ1) is 9.25. The first kappa shape index (κ1) is 13.9. The van der Waals surface area contributed by atoms with Gasteiger partial charge in [0.05, 0.1) is 0 Å². The third-order valence-electron chi connectivity index (χ3n) is 3.75. The molecular formula is C15H23N3O. The van der Waals surface area contributed by atoms with Crippen LogP contribution >= 0.6 is 0 Å². The highest BCUT2D eigenvalue weighted by atomic mass is 16.2. The van der Waals surface area contributed by atoms with Gasteiger partial charge in [-0.1, -0.05) is 30.3 Å². The van der Waals surface area contributed by atoms with Crippen LogP contribution in [-0.2, 0) is 6.54 Å². The number of benzene rings is 1. The van der Waals surface area contributed by atoms with E-state index in [1.807, 2.05) is 30.3 Å². The monoisotopic (exact) mass is 261 g/mol. The molecule has 0 aliphatic carbocycles. The van der Waals surface area contributed by atoms with E-state index in [0.29, 0.717) is 12.5 Å². The van der Waals surface area contributed by atoms with Crippen molar-refractivity contribution in [3.05, 3.63) is 35.9 Å². The van der Waals surface area contributed by atoms with Crippen molar-refractivity contribution in [3.8, 4) is 0 Å². The second-order valence-electron chi connectivity index (χ2n) is 5.19. The maximum absolute atomic E-state index is 11.8. The smallest absolute Gasteiger partial charge is 0.315 e. The van der Waals surface area contributed by atoms with E-state index < -0.39 is 0 Å². The molecule has 0 radical (unpaired) electrons. The number of carbonyl (C=O) groups is 1. The maximum atomic E-state index is 11.8. The molecule has 1 aliphatic heterocycles. The van der Waals surface area contributed by atoms with Crippen LogP contribution in [0, 0.1) is 5.92 Å². The number of amides is 2. The molecule has 1 fully saturated rings. The van der Waals surface area contributed by atoms with Crippen molar-refractivity contribution in [1.29, 1.82) is 0 Å². The molecule has 0 aromatic heterocycles. The Morgan fingerprint density at radius 3 is 2.68 bits per heavy atom. The van der Waals surface area contributed by atoms with Gasteiger partial charge in [0.25, 0.3) is 0 Å². The molecule has 1 aromatic rings. The average Bonchev–Trinajstić information content (AvgIpc) is 2.47. The minimum Gasteiger partial charge on any atom is -0.335 e. The highest BCUT2D eigenvalue weighted by Gasteiger charge is 2.20. The Morgan fingerprint density at radius 1 is 1.32 bits per heavy atom. The van der Waals surface area contributed by atoms with Crippen molar-refractivity contribution in [3.63, 3.8) is 0 Å². The van der Waals surface area contributed by atoms with Crippen molar-refractivity contribution in [1.82, 2.24) is 16.0 Å². The van der Waals surface area contributed by atoms with E-state index in [0.717, 1.165) is 31.5 Å². The Bertz CT molecular complexity index is 388. The van der Waals surface area contributed by atoms with E-state index >= 15 is 0 Å². The lowest BCUT2D eigenvalue weighted by molar-refractivity contribution is 0.226. The molecular weight excluding hydrogens is 238 g/mol. The summed E-state index contributed by atoms with van der Waals surface area (Å²) in [5.74, 6) is 0.587. The fourth-order valence-corrected chi connectivity index (χ4v) is 2.50. The van der Waals surface area contributed by atoms with Crippen LogP contribution in [-0.4, -0.2) is 25.2 Å². The van der Waals surface area contributed by atoms with E-state index in [2.05, 4.69) is 22.9 Å². The Balaban J connectivity index is 1.71. The quantitative estimate of drug-likeness (QED) is 0.775. The van der Waals surface area contributed by atoms with Crippen LogP contribution in [0.25, 0.3) is 0 Å². The fourth-order valence-electron chi connectivity index (χ4n) is 2.50. The standard InChI is InChI=1S/C15H23N3O/c1-12(14-7-9-16-10-8-14)18-15(19)17-11-13-5-3-2-4-6-13/h2-6,12,14,16H,7-11H2,1H3,(H2,17,18,19). The molecule has 1 aromatic carbocycles. The molecule has 3 N–H and O–H groups in total. The van der Waals surface area contributed by atoms with Crippen LogP contribution in [0.2, 0.25) is 0 Å². The largest absolute Gasteiger partial charge is 0.335 e. The Morgan fingerprint density at radius 2 is 2.00 bits per heavy atom. The minimum atomic E-state index is -0.0742. The van der Waals surface area contributed by atoms with Crippen molar-refractivity contribution in [2.24, 2.45) is 5.92 Å². The first-order valence-corrected chi connectivity index (χ1v) is 7.04. The van der Waals surface area contributed by atoms with Gasteiger partial charge in [-0.05, 0) is 44.3 Å². The Labute approximate surface area is 115 Å². The minimum absolute atomic E-state index is 0.0742. The molecule has 104 valence electrons. The van der Waals surface area contributed by atoms with Crippen LogP contribution in [0.15, 0.2) is 30.3 Å². The molecule has 1 unspecified atom stereocenters. The van der Waals surface area contributed by atoms with Crippen molar-refractivity contribution in [2.45, 2.75) is 32.4 Å². The molecule has 19 heavy (non-hydrogen) atoms. The Hall–Kier alpha value is -1.55.